The summed E-state index contributed by atoms with van der Waals surface area (Å²) in [7, 11) is 0. The van der Waals surface area contributed by atoms with Crippen molar-refractivity contribution >= 4 is 5.97 Å². The molecule has 0 aromatic carbocycles. The molecule has 8 heavy (non-hydrogen) atoms. The van der Waals surface area contributed by atoms with Crippen LogP contribution in [0.2, 0.25) is 0 Å². The Bertz CT molecular complexity index is 81.4. The third kappa shape index (κ3) is 5.39. The van der Waals surface area contributed by atoms with Gasteiger partial charge in [-0.3, -0.25) is 4.79 Å². The van der Waals surface area contributed by atoms with Crippen LogP contribution in [0.4, 0.5) is 0 Å². The highest BCUT2D eigenvalue weighted by molar-refractivity contribution is 5.66. The molecule has 0 radical (unpaired) electrons. The lowest BCUT2D eigenvalue weighted by Crippen LogP contribution is -2.19. The second-order valence-corrected chi connectivity index (χ2v) is 1.50. The maximum absolute atomic E-state index is 9.74. The van der Waals surface area contributed by atoms with Gasteiger partial charge in [0.25, 0.3) is 0 Å². The largest absolute Gasteiger partial charge is 0.481 e. The summed E-state index contributed by atoms with van der Waals surface area (Å²) in [5, 5.41) is 16.3. The molecule has 48 valence electrons. The highest BCUT2D eigenvalue weighted by Gasteiger charge is 1.99. The Hall–Kier alpha value is -0.610. The molecule has 0 aromatic heterocycles. The molecule has 0 fully saturated rings. The number of carboxylic acids is 1. The number of aliphatic hydroxyl groups excluding tert-OH is 1. The van der Waals surface area contributed by atoms with Gasteiger partial charge in [0.15, 0.2) is 0 Å². The lowest BCUT2D eigenvalue weighted by molar-refractivity contribution is -0.137. The van der Waals surface area contributed by atoms with E-state index in [1.54, 1.807) is 0 Å². The molecule has 0 saturated heterocycles. The molecule has 4 nitrogen and oxygen atoms in total. The average molecular weight is 119 g/mol. The van der Waals surface area contributed by atoms with Gasteiger partial charge < -0.3 is 15.9 Å². The monoisotopic (exact) mass is 119 g/mol. The van der Waals surface area contributed by atoms with E-state index < -0.39 is 12.2 Å². The van der Waals surface area contributed by atoms with Gasteiger partial charge in [-0.05, 0) is 6.42 Å². The number of carbonyl (C=O) groups is 1. The predicted octanol–water partition coefficient (Wildman–Crippen LogP) is -0.872. The van der Waals surface area contributed by atoms with Crippen LogP contribution < -0.4 is 5.73 Å². The van der Waals surface area contributed by atoms with Crippen LogP contribution in [-0.2, 0) is 4.79 Å². The van der Waals surface area contributed by atoms with Gasteiger partial charge in [0, 0.05) is 6.42 Å². The van der Waals surface area contributed by atoms with Crippen LogP contribution >= 0.6 is 0 Å². The molecule has 0 heterocycles. The van der Waals surface area contributed by atoms with Gasteiger partial charge in [-0.15, -0.1) is 0 Å². The van der Waals surface area contributed by atoms with Crippen molar-refractivity contribution in [1.82, 2.24) is 0 Å². The van der Waals surface area contributed by atoms with Gasteiger partial charge in [0.1, 0.15) is 6.23 Å². The number of hydrogen-bond donors (Lipinski definition) is 3. The molecule has 4 N–H and O–H groups in total. The zero-order valence-corrected chi connectivity index (χ0v) is 4.37. The number of rotatable bonds is 3. The number of aliphatic hydroxyl groups is 1. The van der Waals surface area contributed by atoms with Crippen LogP contribution in [-0.4, -0.2) is 22.4 Å². The van der Waals surface area contributed by atoms with E-state index in [4.69, 9.17) is 15.9 Å². The van der Waals surface area contributed by atoms with Crippen molar-refractivity contribution in [3.63, 3.8) is 0 Å². The maximum atomic E-state index is 9.74. The van der Waals surface area contributed by atoms with Crippen LogP contribution in [0.15, 0.2) is 0 Å². The van der Waals surface area contributed by atoms with E-state index in [1.807, 2.05) is 0 Å². The lowest BCUT2D eigenvalue weighted by Gasteiger charge is -1.97. The van der Waals surface area contributed by atoms with Gasteiger partial charge in [0.2, 0.25) is 0 Å². The van der Waals surface area contributed by atoms with Gasteiger partial charge in [0.05, 0.1) is 0 Å². The first-order valence-electron chi connectivity index (χ1n) is 2.28. The van der Waals surface area contributed by atoms with E-state index in [0.29, 0.717) is 0 Å². The molecule has 0 aromatic rings. The second-order valence-electron chi connectivity index (χ2n) is 1.50. The van der Waals surface area contributed by atoms with Crippen LogP contribution in [0.25, 0.3) is 0 Å². The second kappa shape index (κ2) is 3.40. The van der Waals surface area contributed by atoms with Crippen molar-refractivity contribution in [1.29, 1.82) is 0 Å². The summed E-state index contributed by atoms with van der Waals surface area (Å²) in [5.74, 6) is -0.936. The number of carboxylic acid groups (broad SMARTS) is 1. The van der Waals surface area contributed by atoms with Gasteiger partial charge in [-0.25, -0.2) is 0 Å². The molecular weight excluding hydrogens is 110 g/mol. The molecule has 0 rings (SSSR count). The molecular formula is C4H9NO3. The van der Waals surface area contributed by atoms with E-state index in [-0.39, 0.29) is 12.8 Å². The van der Waals surface area contributed by atoms with Crippen LogP contribution in [0.3, 0.4) is 0 Å². The number of aliphatic carboxylic acids is 1. The summed E-state index contributed by atoms with van der Waals surface area (Å²) >= 11 is 0. The molecule has 0 aliphatic carbocycles. The Kier molecular flexibility index (Phi) is 3.14. The van der Waals surface area contributed by atoms with Gasteiger partial charge in [-0.1, -0.05) is 0 Å². The summed E-state index contributed by atoms with van der Waals surface area (Å²) in [6, 6.07) is 0. The summed E-state index contributed by atoms with van der Waals surface area (Å²) in [4.78, 5) is 9.74. The third-order valence-corrected chi connectivity index (χ3v) is 0.654. The van der Waals surface area contributed by atoms with Gasteiger partial charge >= 0.3 is 5.97 Å². The van der Waals surface area contributed by atoms with Crippen molar-refractivity contribution < 1.29 is 15.0 Å². The highest BCUT2D eigenvalue weighted by atomic mass is 16.4. The fourth-order valence-corrected chi connectivity index (χ4v) is 0.271. The summed E-state index contributed by atoms with van der Waals surface area (Å²) in [6.45, 7) is 0. The van der Waals surface area contributed by atoms with E-state index in [2.05, 4.69) is 0 Å². The maximum Gasteiger partial charge on any atom is 0.303 e. The first-order chi connectivity index (χ1) is 3.63. The molecule has 1 atom stereocenters. The predicted molar refractivity (Wildman–Crippen MR) is 27.1 cm³/mol. The van der Waals surface area contributed by atoms with Crippen molar-refractivity contribution in [3.05, 3.63) is 0 Å². The lowest BCUT2D eigenvalue weighted by atomic mass is 10.3. The fraction of sp³-hybridized carbons (Fsp3) is 0.750. The Morgan fingerprint density at radius 3 is 2.38 bits per heavy atom. The summed E-state index contributed by atoms with van der Waals surface area (Å²) in [5.41, 5.74) is 4.83. The molecule has 0 unspecified atom stereocenters. The van der Waals surface area contributed by atoms with Crippen LogP contribution in [0.5, 0.6) is 0 Å². The zero-order chi connectivity index (χ0) is 6.57. The fourth-order valence-electron chi connectivity index (χ4n) is 0.271. The normalized spacial score (nSPS) is 13.2. The Morgan fingerprint density at radius 1 is 1.75 bits per heavy atom. The molecule has 0 bridgehead atoms. The van der Waals surface area contributed by atoms with E-state index in [1.165, 1.54) is 0 Å². The van der Waals surface area contributed by atoms with E-state index in [9.17, 15) is 4.79 Å². The quantitative estimate of drug-likeness (QED) is 0.421. The minimum Gasteiger partial charge on any atom is -0.481 e. The average Bonchev–Trinajstić information content (AvgIpc) is 1.61. The molecule has 4 heteroatoms. The minimum atomic E-state index is -0.994. The van der Waals surface area contributed by atoms with E-state index >= 15 is 0 Å². The molecule has 0 aliphatic rings. The van der Waals surface area contributed by atoms with Crippen molar-refractivity contribution in [2.24, 2.45) is 5.73 Å². The summed E-state index contributed by atoms with van der Waals surface area (Å²) in [6.07, 6.45) is -0.946. The standard InChI is InChI=1S/C4H9NO3/c5-3(6)1-2-4(7)8/h3,6H,1-2,5H2,(H,7,8)/t3-/m0/s1. The first kappa shape index (κ1) is 7.39. The molecule has 0 saturated carbocycles. The Morgan fingerprint density at radius 2 is 2.25 bits per heavy atom. The zero-order valence-electron chi connectivity index (χ0n) is 4.37. The topological polar surface area (TPSA) is 83.5 Å². The number of hydrogen-bond acceptors (Lipinski definition) is 3. The minimum absolute atomic E-state index is 0.0718. The highest BCUT2D eigenvalue weighted by Crippen LogP contribution is 1.88. The van der Waals surface area contributed by atoms with Crippen LogP contribution in [0.1, 0.15) is 12.8 Å². The van der Waals surface area contributed by atoms with Crippen LogP contribution in [0, 0.1) is 0 Å². The van der Waals surface area contributed by atoms with Crippen molar-refractivity contribution in [3.8, 4) is 0 Å². The van der Waals surface area contributed by atoms with Gasteiger partial charge in [-0.2, -0.15) is 0 Å². The Labute approximate surface area is 46.9 Å². The molecule has 0 aliphatic heterocycles. The Balaban J connectivity index is 3.05. The SMILES string of the molecule is N[C@@H](O)CCC(=O)O. The smallest absolute Gasteiger partial charge is 0.303 e. The first-order valence-corrected chi connectivity index (χ1v) is 2.28. The molecule has 0 amide bonds. The number of nitrogens with two attached hydrogens (primary N) is 1. The van der Waals surface area contributed by atoms with E-state index in [0.717, 1.165) is 0 Å². The summed E-state index contributed by atoms with van der Waals surface area (Å²) < 4.78 is 0. The third-order valence-electron chi connectivity index (χ3n) is 0.654. The van der Waals surface area contributed by atoms with Crippen molar-refractivity contribution in [2.75, 3.05) is 0 Å². The molecule has 0 spiro atoms. The van der Waals surface area contributed by atoms with Crippen molar-refractivity contribution in [2.45, 2.75) is 19.1 Å².